The second-order valence-electron chi connectivity index (χ2n) is 5.92. The number of carbonyl (C=O) groups is 2. The fraction of sp³-hybridized carbons (Fsp3) is 0.368. The van der Waals surface area contributed by atoms with E-state index in [0.717, 1.165) is 32.0 Å². The molecule has 150 valence electrons. The van der Waals surface area contributed by atoms with Crippen LogP contribution in [-0.2, 0) is 22.6 Å². The summed E-state index contributed by atoms with van der Waals surface area (Å²) in [6.07, 6.45) is 3.00. The van der Waals surface area contributed by atoms with Crippen molar-refractivity contribution in [1.29, 1.82) is 0 Å². The third kappa shape index (κ3) is 6.69. The predicted molar refractivity (Wildman–Crippen MR) is 98.8 cm³/mol. The van der Waals surface area contributed by atoms with Crippen LogP contribution in [-0.4, -0.2) is 70.4 Å². The van der Waals surface area contributed by atoms with E-state index in [-0.39, 0.29) is 6.61 Å². The SMILES string of the molecule is COC(=O)c1ccnc(CO)c1.O=C(O)c1ccnc(CN2CCOCC2)c1. The molecule has 0 aromatic carbocycles. The number of nitrogens with zero attached hydrogens (tertiary/aromatic N) is 3. The third-order valence-corrected chi connectivity index (χ3v) is 3.95. The topological polar surface area (TPSA) is 122 Å². The van der Waals surface area contributed by atoms with Gasteiger partial charge in [0.15, 0.2) is 0 Å². The average molecular weight is 389 g/mol. The van der Waals surface area contributed by atoms with Gasteiger partial charge >= 0.3 is 11.9 Å². The number of methoxy groups -OCH3 is 1. The van der Waals surface area contributed by atoms with Crippen LogP contribution in [0, 0.1) is 0 Å². The van der Waals surface area contributed by atoms with E-state index in [2.05, 4.69) is 19.6 Å². The maximum atomic E-state index is 10.9. The summed E-state index contributed by atoms with van der Waals surface area (Å²) in [6.45, 7) is 3.73. The summed E-state index contributed by atoms with van der Waals surface area (Å²) in [5.41, 5.74) is 1.94. The molecule has 1 fully saturated rings. The molecule has 9 nitrogen and oxygen atoms in total. The fourth-order valence-electron chi connectivity index (χ4n) is 2.50. The number of carboxylic acids is 1. The average Bonchev–Trinajstić information content (AvgIpc) is 2.74. The normalized spacial score (nSPS) is 13.9. The number of carboxylic acid groups (broad SMARTS) is 1. The van der Waals surface area contributed by atoms with Crippen LogP contribution < -0.4 is 0 Å². The van der Waals surface area contributed by atoms with E-state index in [0.29, 0.717) is 23.4 Å². The number of rotatable bonds is 5. The number of pyridine rings is 2. The minimum atomic E-state index is -0.911. The van der Waals surface area contributed by atoms with Gasteiger partial charge in [-0.2, -0.15) is 0 Å². The Balaban J connectivity index is 0.000000209. The number of hydrogen-bond donors (Lipinski definition) is 2. The Labute approximate surface area is 162 Å². The first-order valence-electron chi connectivity index (χ1n) is 8.66. The van der Waals surface area contributed by atoms with Crippen LogP contribution in [0.2, 0.25) is 0 Å². The molecule has 3 rings (SSSR count). The molecule has 1 aliphatic rings. The first kappa shape index (κ1) is 21.4. The molecule has 9 heteroatoms. The van der Waals surface area contributed by atoms with Crippen LogP contribution >= 0.6 is 0 Å². The fourth-order valence-corrected chi connectivity index (χ4v) is 2.50. The molecule has 0 unspecified atom stereocenters. The molecule has 0 radical (unpaired) electrons. The lowest BCUT2D eigenvalue weighted by molar-refractivity contribution is 0.0336. The quantitative estimate of drug-likeness (QED) is 0.720. The first-order chi connectivity index (χ1) is 13.5. The Morgan fingerprint density at radius 1 is 1.11 bits per heavy atom. The monoisotopic (exact) mass is 389 g/mol. The van der Waals surface area contributed by atoms with E-state index >= 15 is 0 Å². The van der Waals surface area contributed by atoms with E-state index in [9.17, 15) is 9.59 Å². The molecule has 0 aliphatic carbocycles. The highest BCUT2D eigenvalue weighted by molar-refractivity contribution is 5.89. The standard InChI is InChI=1S/C11H14N2O3.C8H9NO3/c14-11(15)9-1-2-12-10(7-9)8-13-3-5-16-6-4-13;1-12-8(11)6-2-3-9-7(4-6)5-10/h1-2,7H,3-6,8H2,(H,14,15);2-4,10H,5H2,1H3. The zero-order valence-corrected chi connectivity index (χ0v) is 15.6. The van der Waals surface area contributed by atoms with Gasteiger partial charge in [-0.25, -0.2) is 9.59 Å². The molecule has 1 aliphatic heterocycles. The number of morpholine rings is 1. The number of aromatic carboxylic acids is 1. The summed E-state index contributed by atoms with van der Waals surface area (Å²) in [4.78, 5) is 31.9. The van der Waals surface area contributed by atoms with Crippen molar-refractivity contribution in [3.63, 3.8) is 0 Å². The molecule has 0 spiro atoms. The van der Waals surface area contributed by atoms with Crippen LogP contribution in [0.1, 0.15) is 32.1 Å². The lowest BCUT2D eigenvalue weighted by Crippen LogP contribution is -2.35. The molecule has 2 aromatic rings. The maximum Gasteiger partial charge on any atom is 0.337 e. The lowest BCUT2D eigenvalue weighted by Gasteiger charge is -2.26. The highest BCUT2D eigenvalue weighted by atomic mass is 16.5. The zero-order valence-electron chi connectivity index (χ0n) is 15.6. The van der Waals surface area contributed by atoms with Gasteiger partial charge in [0, 0.05) is 32.0 Å². The number of ether oxygens (including phenoxy) is 2. The van der Waals surface area contributed by atoms with E-state index in [1.807, 2.05) is 0 Å². The van der Waals surface area contributed by atoms with Crippen LogP contribution in [0.5, 0.6) is 0 Å². The number of carbonyl (C=O) groups excluding carboxylic acids is 1. The van der Waals surface area contributed by atoms with Gasteiger partial charge in [0.25, 0.3) is 0 Å². The minimum Gasteiger partial charge on any atom is -0.478 e. The Kier molecular flexibility index (Phi) is 8.47. The summed E-state index contributed by atoms with van der Waals surface area (Å²) in [6, 6.07) is 6.15. The molecule has 0 amide bonds. The van der Waals surface area contributed by atoms with E-state index in [1.54, 1.807) is 12.3 Å². The lowest BCUT2D eigenvalue weighted by atomic mass is 10.2. The van der Waals surface area contributed by atoms with Crippen molar-refractivity contribution in [2.75, 3.05) is 33.4 Å². The van der Waals surface area contributed by atoms with Gasteiger partial charge in [-0.15, -0.1) is 0 Å². The van der Waals surface area contributed by atoms with E-state index in [1.165, 1.54) is 31.5 Å². The van der Waals surface area contributed by atoms with Crippen molar-refractivity contribution >= 4 is 11.9 Å². The predicted octanol–water partition coefficient (Wildman–Crippen LogP) is 0.972. The molecular weight excluding hydrogens is 366 g/mol. The van der Waals surface area contributed by atoms with Gasteiger partial charge in [0.05, 0.1) is 49.4 Å². The summed E-state index contributed by atoms with van der Waals surface area (Å²) in [7, 11) is 1.31. The van der Waals surface area contributed by atoms with Crippen molar-refractivity contribution in [3.8, 4) is 0 Å². The second-order valence-corrected chi connectivity index (χ2v) is 5.92. The molecular formula is C19H23N3O6. The van der Waals surface area contributed by atoms with Crippen LogP contribution in [0.4, 0.5) is 0 Å². The minimum absolute atomic E-state index is 0.176. The molecule has 0 saturated carbocycles. The van der Waals surface area contributed by atoms with Crippen molar-refractivity contribution < 1.29 is 29.3 Å². The van der Waals surface area contributed by atoms with Gasteiger partial charge in [0.1, 0.15) is 0 Å². The summed E-state index contributed by atoms with van der Waals surface area (Å²) < 4.78 is 9.73. The third-order valence-electron chi connectivity index (χ3n) is 3.95. The number of esters is 1. The number of aliphatic hydroxyl groups excluding tert-OH is 1. The maximum absolute atomic E-state index is 10.9. The zero-order chi connectivity index (χ0) is 20.4. The largest absolute Gasteiger partial charge is 0.478 e. The highest BCUT2D eigenvalue weighted by Crippen LogP contribution is 2.07. The molecule has 2 N–H and O–H groups in total. The van der Waals surface area contributed by atoms with Gasteiger partial charge in [-0.1, -0.05) is 0 Å². The van der Waals surface area contributed by atoms with Crippen LogP contribution in [0.3, 0.4) is 0 Å². The molecule has 0 bridgehead atoms. The van der Waals surface area contributed by atoms with Crippen molar-refractivity contribution in [2.45, 2.75) is 13.2 Å². The van der Waals surface area contributed by atoms with Gasteiger partial charge < -0.3 is 19.7 Å². The Hall–Kier alpha value is -2.88. The Morgan fingerprint density at radius 3 is 2.32 bits per heavy atom. The summed E-state index contributed by atoms with van der Waals surface area (Å²) >= 11 is 0. The van der Waals surface area contributed by atoms with Crippen molar-refractivity contribution in [1.82, 2.24) is 14.9 Å². The Morgan fingerprint density at radius 2 is 1.71 bits per heavy atom. The second kappa shape index (κ2) is 11.1. The van der Waals surface area contributed by atoms with Gasteiger partial charge in [-0.05, 0) is 24.3 Å². The van der Waals surface area contributed by atoms with Crippen LogP contribution in [0.15, 0.2) is 36.7 Å². The highest BCUT2D eigenvalue weighted by Gasteiger charge is 2.12. The summed E-state index contributed by atoms with van der Waals surface area (Å²) in [5.74, 6) is -1.34. The first-order valence-corrected chi connectivity index (χ1v) is 8.66. The number of aliphatic hydroxyl groups is 1. The van der Waals surface area contributed by atoms with Gasteiger partial charge in [-0.3, -0.25) is 14.9 Å². The van der Waals surface area contributed by atoms with Crippen molar-refractivity contribution in [3.05, 3.63) is 59.2 Å². The van der Waals surface area contributed by atoms with Crippen LogP contribution in [0.25, 0.3) is 0 Å². The smallest absolute Gasteiger partial charge is 0.337 e. The molecule has 28 heavy (non-hydrogen) atoms. The molecule has 1 saturated heterocycles. The number of hydrogen-bond acceptors (Lipinski definition) is 8. The Bertz CT molecular complexity index is 793. The van der Waals surface area contributed by atoms with E-state index < -0.39 is 11.9 Å². The summed E-state index contributed by atoms with van der Waals surface area (Å²) in [5, 5.41) is 17.6. The molecule has 0 atom stereocenters. The van der Waals surface area contributed by atoms with Gasteiger partial charge in [0.2, 0.25) is 0 Å². The number of aromatic nitrogens is 2. The van der Waals surface area contributed by atoms with Crippen molar-refractivity contribution in [2.24, 2.45) is 0 Å². The molecule has 3 heterocycles. The molecule has 2 aromatic heterocycles. The van der Waals surface area contributed by atoms with E-state index in [4.69, 9.17) is 14.9 Å².